The Balaban J connectivity index is 2.15. The fourth-order valence-electron chi connectivity index (χ4n) is 0.683. The van der Waals surface area contributed by atoms with Gasteiger partial charge in [-0.25, -0.2) is 15.0 Å². The Hall–Kier alpha value is -0.700. The maximum Gasteiger partial charge on any atom is 0.195 e. The van der Waals surface area contributed by atoms with Gasteiger partial charge in [0.25, 0.3) is 0 Å². The van der Waals surface area contributed by atoms with Crippen LogP contribution in [0.2, 0.25) is 0 Å². The zero-order valence-corrected chi connectivity index (χ0v) is 9.28. The van der Waals surface area contributed by atoms with Gasteiger partial charge in [0.1, 0.15) is 6.33 Å². The largest absolute Gasteiger partial charge is 0.254 e. The Bertz CT molecular complexity index is 372. The van der Waals surface area contributed by atoms with Gasteiger partial charge in [0.15, 0.2) is 10.3 Å². The minimum absolute atomic E-state index is 0.664. The molecule has 2 heterocycles. The Morgan fingerprint density at radius 3 is 2.62 bits per heavy atom. The molecule has 0 aliphatic rings. The molecule has 2 rings (SSSR count). The van der Waals surface area contributed by atoms with E-state index in [9.17, 15) is 0 Å². The third-order valence-electron chi connectivity index (χ3n) is 1.18. The van der Waals surface area contributed by atoms with Crippen LogP contribution >= 0.6 is 34.4 Å². The summed E-state index contributed by atoms with van der Waals surface area (Å²) in [5.74, 6) is 0. The van der Waals surface area contributed by atoms with Crippen molar-refractivity contribution >= 4 is 34.4 Å². The SMILES string of the molecule is Ic1cnc(Sc2ncn[nH]2)nc1. The van der Waals surface area contributed by atoms with E-state index in [4.69, 9.17) is 0 Å². The van der Waals surface area contributed by atoms with E-state index in [1.807, 2.05) is 0 Å². The van der Waals surface area contributed by atoms with Gasteiger partial charge in [-0.05, 0) is 34.4 Å². The number of nitrogens with one attached hydrogen (secondary N) is 1. The van der Waals surface area contributed by atoms with Crippen molar-refractivity contribution in [3.05, 3.63) is 22.3 Å². The number of aromatic amines is 1. The molecule has 0 saturated carbocycles. The van der Waals surface area contributed by atoms with Crippen molar-refractivity contribution in [2.24, 2.45) is 0 Å². The van der Waals surface area contributed by atoms with Gasteiger partial charge in [0, 0.05) is 16.0 Å². The van der Waals surface area contributed by atoms with Crippen molar-refractivity contribution in [1.82, 2.24) is 25.1 Å². The van der Waals surface area contributed by atoms with Crippen molar-refractivity contribution in [3.8, 4) is 0 Å². The topological polar surface area (TPSA) is 67.3 Å². The number of H-pyrrole nitrogens is 1. The monoisotopic (exact) mass is 305 g/mol. The standard InChI is InChI=1S/C6H4IN5S/c7-4-1-8-5(9-2-4)13-6-10-3-11-12-6/h1-3H,(H,10,11,12). The number of nitrogens with zero attached hydrogens (tertiary/aromatic N) is 4. The Kier molecular flexibility index (Phi) is 2.74. The molecular formula is C6H4IN5S. The van der Waals surface area contributed by atoms with Gasteiger partial charge in [0.05, 0.1) is 0 Å². The lowest BCUT2D eigenvalue weighted by atomic mass is 10.7. The molecule has 1 N–H and O–H groups in total. The van der Waals surface area contributed by atoms with Crippen molar-refractivity contribution in [1.29, 1.82) is 0 Å². The van der Waals surface area contributed by atoms with Crippen molar-refractivity contribution in [3.63, 3.8) is 0 Å². The van der Waals surface area contributed by atoms with Crippen LogP contribution in [0.5, 0.6) is 0 Å². The molecule has 2 aromatic heterocycles. The quantitative estimate of drug-likeness (QED) is 0.670. The highest BCUT2D eigenvalue weighted by Crippen LogP contribution is 2.18. The number of rotatable bonds is 2. The molecule has 66 valence electrons. The van der Waals surface area contributed by atoms with E-state index in [2.05, 4.69) is 47.7 Å². The summed E-state index contributed by atoms with van der Waals surface area (Å²) in [5, 5.41) is 7.80. The highest BCUT2D eigenvalue weighted by molar-refractivity contribution is 14.1. The van der Waals surface area contributed by atoms with Crippen LogP contribution in [0.3, 0.4) is 0 Å². The molecule has 0 bridgehead atoms. The first-order chi connectivity index (χ1) is 6.34. The Morgan fingerprint density at radius 2 is 2.00 bits per heavy atom. The van der Waals surface area contributed by atoms with Gasteiger partial charge in [-0.3, -0.25) is 5.10 Å². The summed E-state index contributed by atoms with van der Waals surface area (Å²) in [5.41, 5.74) is 0. The van der Waals surface area contributed by atoms with Crippen LogP contribution in [0.15, 0.2) is 29.0 Å². The molecule has 7 heteroatoms. The van der Waals surface area contributed by atoms with E-state index in [0.29, 0.717) is 10.3 Å². The van der Waals surface area contributed by atoms with Crippen LogP contribution in [-0.4, -0.2) is 25.1 Å². The lowest BCUT2D eigenvalue weighted by Crippen LogP contribution is -1.86. The van der Waals surface area contributed by atoms with Crippen molar-refractivity contribution in [2.45, 2.75) is 10.3 Å². The summed E-state index contributed by atoms with van der Waals surface area (Å²) in [4.78, 5) is 12.2. The van der Waals surface area contributed by atoms with Gasteiger partial charge in [-0.2, -0.15) is 5.10 Å². The molecule has 0 fully saturated rings. The van der Waals surface area contributed by atoms with Crippen LogP contribution in [-0.2, 0) is 0 Å². The fraction of sp³-hybridized carbons (Fsp3) is 0. The Labute approximate surface area is 91.9 Å². The summed E-state index contributed by atoms with van der Waals surface area (Å²) in [6, 6.07) is 0. The summed E-state index contributed by atoms with van der Waals surface area (Å²) in [6.07, 6.45) is 4.97. The zero-order valence-electron chi connectivity index (χ0n) is 6.31. The molecule has 0 aliphatic heterocycles. The first-order valence-electron chi connectivity index (χ1n) is 3.35. The zero-order chi connectivity index (χ0) is 9.10. The van der Waals surface area contributed by atoms with Crippen molar-refractivity contribution in [2.75, 3.05) is 0 Å². The smallest absolute Gasteiger partial charge is 0.195 e. The lowest BCUT2D eigenvalue weighted by molar-refractivity contribution is 0.927. The molecule has 13 heavy (non-hydrogen) atoms. The van der Waals surface area contributed by atoms with E-state index in [1.165, 1.54) is 18.1 Å². The minimum Gasteiger partial charge on any atom is -0.254 e. The third kappa shape index (κ3) is 2.37. The summed E-state index contributed by atoms with van der Waals surface area (Å²) >= 11 is 3.50. The molecule has 0 aliphatic carbocycles. The molecule has 0 radical (unpaired) electrons. The highest BCUT2D eigenvalue weighted by atomic mass is 127. The summed E-state index contributed by atoms with van der Waals surface area (Å²) in [7, 11) is 0. The van der Waals surface area contributed by atoms with Crippen LogP contribution in [0.25, 0.3) is 0 Å². The number of halogens is 1. The molecule has 0 spiro atoms. The van der Waals surface area contributed by atoms with Crippen LogP contribution in [0, 0.1) is 3.57 Å². The maximum absolute atomic E-state index is 4.11. The van der Waals surface area contributed by atoms with E-state index >= 15 is 0 Å². The second-order valence-electron chi connectivity index (χ2n) is 2.08. The average Bonchev–Trinajstić information content (AvgIpc) is 2.62. The molecule has 0 atom stereocenters. The second-order valence-corrected chi connectivity index (χ2v) is 4.28. The van der Waals surface area contributed by atoms with E-state index < -0.39 is 0 Å². The van der Waals surface area contributed by atoms with Gasteiger partial charge >= 0.3 is 0 Å². The van der Waals surface area contributed by atoms with Crippen LogP contribution in [0.4, 0.5) is 0 Å². The Morgan fingerprint density at radius 1 is 1.23 bits per heavy atom. The molecule has 0 saturated heterocycles. The third-order valence-corrected chi connectivity index (χ3v) is 2.52. The lowest BCUT2D eigenvalue weighted by Gasteiger charge is -1.94. The van der Waals surface area contributed by atoms with Crippen molar-refractivity contribution < 1.29 is 0 Å². The minimum atomic E-state index is 0.664. The average molecular weight is 305 g/mol. The normalized spacial score (nSPS) is 10.2. The molecular weight excluding hydrogens is 301 g/mol. The second kappa shape index (κ2) is 4.01. The van der Waals surface area contributed by atoms with Crippen LogP contribution < -0.4 is 0 Å². The summed E-state index contributed by atoms with van der Waals surface area (Å²) in [6.45, 7) is 0. The first kappa shape index (κ1) is 8.88. The number of hydrogen-bond acceptors (Lipinski definition) is 5. The molecule has 0 aromatic carbocycles. The first-order valence-corrected chi connectivity index (χ1v) is 5.25. The van der Waals surface area contributed by atoms with Gasteiger partial charge in [-0.15, -0.1) is 0 Å². The molecule has 0 unspecified atom stereocenters. The molecule has 0 amide bonds. The van der Waals surface area contributed by atoms with E-state index in [-0.39, 0.29) is 0 Å². The molecule has 2 aromatic rings. The number of aromatic nitrogens is 5. The fourth-order valence-corrected chi connectivity index (χ4v) is 1.54. The predicted octanol–water partition coefficient (Wildman–Crippen LogP) is 1.35. The highest BCUT2D eigenvalue weighted by Gasteiger charge is 2.01. The van der Waals surface area contributed by atoms with Gasteiger partial charge < -0.3 is 0 Å². The van der Waals surface area contributed by atoms with E-state index in [1.54, 1.807) is 12.4 Å². The van der Waals surface area contributed by atoms with Gasteiger partial charge in [0.2, 0.25) is 0 Å². The molecule has 5 nitrogen and oxygen atoms in total. The summed E-state index contributed by atoms with van der Waals surface area (Å²) < 4.78 is 1.01. The number of hydrogen-bond donors (Lipinski definition) is 1. The predicted molar refractivity (Wildman–Crippen MR) is 55.3 cm³/mol. The van der Waals surface area contributed by atoms with Crippen LogP contribution in [0.1, 0.15) is 0 Å². The maximum atomic E-state index is 4.11. The van der Waals surface area contributed by atoms with E-state index in [0.717, 1.165) is 3.57 Å². The van der Waals surface area contributed by atoms with Gasteiger partial charge in [-0.1, -0.05) is 0 Å².